The van der Waals surface area contributed by atoms with Crippen molar-refractivity contribution in [2.24, 2.45) is 5.92 Å². The lowest BCUT2D eigenvalue weighted by Gasteiger charge is -2.06. The minimum Gasteiger partial charge on any atom is -0.463 e. The van der Waals surface area contributed by atoms with Crippen LogP contribution in [-0.2, 0) is 9.53 Å². The molecule has 0 aromatic carbocycles. The van der Waals surface area contributed by atoms with E-state index in [2.05, 4.69) is 20.4 Å². The Hall–Kier alpha value is -0.790. The van der Waals surface area contributed by atoms with Crippen molar-refractivity contribution in [1.29, 1.82) is 0 Å². The summed E-state index contributed by atoms with van der Waals surface area (Å²) >= 11 is 0. The van der Waals surface area contributed by atoms with Gasteiger partial charge in [0.25, 0.3) is 0 Å². The van der Waals surface area contributed by atoms with Crippen LogP contribution in [-0.4, -0.2) is 12.6 Å². The Bertz CT molecular complexity index is 130. The van der Waals surface area contributed by atoms with Crippen LogP contribution >= 0.6 is 0 Å². The highest BCUT2D eigenvalue weighted by Gasteiger charge is 1.99. The van der Waals surface area contributed by atoms with Crippen molar-refractivity contribution in [3.8, 4) is 0 Å². The smallest absolute Gasteiger partial charge is 0.330 e. The first-order chi connectivity index (χ1) is 5.20. The maximum atomic E-state index is 10.5. The number of hydrogen-bond acceptors (Lipinski definition) is 2. The zero-order chi connectivity index (χ0) is 8.69. The summed E-state index contributed by atoms with van der Waals surface area (Å²) in [4.78, 5) is 10.5. The maximum absolute atomic E-state index is 10.5. The van der Waals surface area contributed by atoms with Crippen LogP contribution < -0.4 is 0 Å². The summed E-state index contributed by atoms with van der Waals surface area (Å²) in [7, 11) is 0. The Labute approximate surface area is 68.2 Å². The fourth-order valence-electron chi connectivity index (χ4n) is 0.624. The molecule has 0 aliphatic rings. The highest BCUT2D eigenvalue weighted by molar-refractivity contribution is 5.81. The molecule has 0 aromatic rings. The molecule has 2 heteroatoms. The van der Waals surface area contributed by atoms with Gasteiger partial charge in [0.2, 0.25) is 0 Å². The number of esters is 1. The maximum Gasteiger partial charge on any atom is 0.330 e. The standard InChI is InChI=1S/C9H16O2/c1-4-8(3)6-7-11-9(10)5-2/h5,8H,2,4,6-7H2,1,3H3/t8-/m0/s1. The van der Waals surface area contributed by atoms with Gasteiger partial charge in [0, 0.05) is 6.08 Å². The molecule has 0 radical (unpaired) electrons. The minimum absolute atomic E-state index is 0.326. The first kappa shape index (κ1) is 10.2. The second-order valence-electron chi connectivity index (χ2n) is 2.67. The normalized spacial score (nSPS) is 12.2. The molecule has 0 fully saturated rings. The van der Waals surface area contributed by atoms with Gasteiger partial charge in [-0.3, -0.25) is 0 Å². The summed E-state index contributed by atoms with van der Waals surface area (Å²) in [6.07, 6.45) is 3.26. The van der Waals surface area contributed by atoms with E-state index < -0.39 is 0 Å². The predicted molar refractivity (Wildman–Crippen MR) is 45.2 cm³/mol. The predicted octanol–water partition coefficient (Wildman–Crippen LogP) is 2.15. The monoisotopic (exact) mass is 156 g/mol. The molecule has 0 aromatic heterocycles. The molecule has 0 saturated carbocycles. The Balaban J connectivity index is 3.26. The van der Waals surface area contributed by atoms with Gasteiger partial charge in [-0.05, 0) is 12.3 Å². The van der Waals surface area contributed by atoms with Crippen LogP contribution in [0.2, 0.25) is 0 Å². The third kappa shape index (κ3) is 5.64. The van der Waals surface area contributed by atoms with Crippen LogP contribution in [0.3, 0.4) is 0 Å². The van der Waals surface area contributed by atoms with Gasteiger partial charge in [-0.15, -0.1) is 0 Å². The van der Waals surface area contributed by atoms with E-state index in [1.807, 2.05) is 0 Å². The zero-order valence-electron chi connectivity index (χ0n) is 7.30. The first-order valence-electron chi connectivity index (χ1n) is 3.99. The highest BCUT2D eigenvalue weighted by Crippen LogP contribution is 2.05. The molecule has 0 spiro atoms. The third-order valence-electron chi connectivity index (χ3n) is 1.72. The molecule has 0 saturated heterocycles. The van der Waals surface area contributed by atoms with Gasteiger partial charge in [0.15, 0.2) is 0 Å². The topological polar surface area (TPSA) is 26.3 Å². The second-order valence-corrected chi connectivity index (χ2v) is 2.67. The summed E-state index contributed by atoms with van der Waals surface area (Å²) in [6.45, 7) is 8.08. The lowest BCUT2D eigenvalue weighted by molar-refractivity contribution is -0.138. The lowest BCUT2D eigenvalue weighted by atomic mass is 10.1. The van der Waals surface area contributed by atoms with Crippen molar-refractivity contribution in [3.05, 3.63) is 12.7 Å². The first-order valence-corrected chi connectivity index (χ1v) is 3.99. The Morgan fingerprint density at radius 3 is 2.82 bits per heavy atom. The third-order valence-corrected chi connectivity index (χ3v) is 1.72. The Morgan fingerprint density at radius 2 is 2.36 bits per heavy atom. The zero-order valence-corrected chi connectivity index (χ0v) is 7.30. The second kappa shape index (κ2) is 5.96. The van der Waals surface area contributed by atoms with Crippen LogP contribution in [0.15, 0.2) is 12.7 Å². The average Bonchev–Trinajstić information content (AvgIpc) is 2.04. The molecular weight excluding hydrogens is 140 g/mol. The molecule has 0 N–H and O–H groups in total. The number of rotatable bonds is 5. The van der Waals surface area contributed by atoms with E-state index >= 15 is 0 Å². The van der Waals surface area contributed by atoms with Crippen LogP contribution in [0.4, 0.5) is 0 Å². The summed E-state index contributed by atoms with van der Waals surface area (Å²) in [5.41, 5.74) is 0. The molecule has 0 aliphatic heterocycles. The summed E-state index contributed by atoms with van der Waals surface area (Å²) < 4.78 is 4.81. The molecule has 11 heavy (non-hydrogen) atoms. The molecule has 0 heterocycles. The molecule has 0 unspecified atom stereocenters. The lowest BCUT2D eigenvalue weighted by Crippen LogP contribution is -2.05. The summed E-state index contributed by atoms with van der Waals surface area (Å²) in [5.74, 6) is 0.306. The highest BCUT2D eigenvalue weighted by atomic mass is 16.5. The molecule has 64 valence electrons. The summed E-state index contributed by atoms with van der Waals surface area (Å²) in [6, 6.07) is 0. The molecule has 1 atom stereocenters. The Kier molecular flexibility index (Phi) is 5.53. The van der Waals surface area contributed by atoms with Crippen molar-refractivity contribution in [3.63, 3.8) is 0 Å². The van der Waals surface area contributed by atoms with Crippen molar-refractivity contribution in [1.82, 2.24) is 0 Å². The fourth-order valence-corrected chi connectivity index (χ4v) is 0.624. The van der Waals surface area contributed by atoms with E-state index in [0.717, 1.165) is 12.8 Å². The summed E-state index contributed by atoms with van der Waals surface area (Å²) in [5, 5.41) is 0. The van der Waals surface area contributed by atoms with Crippen molar-refractivity contribution < 1.29 is 9.53 Å². The minimum atomic E-state index is -0.326. The van der Waals surface area contributed by atoms with E-state index in [9.17, 15) is 4.79 Å². The van der Waals surface area contributed by atoms with Crippen LogP contribution in [0, 0.1) is 5.92 Å². The molecule has 0 rings (SSSR count). The van der Waals surface area contributed by atoms with Crippen molar-refractivity contribution in [2.45, 2.75) is 26.7 Å². The quantitative estimate of drug-likeness (QED) is 0.450. The van der Waals surface area contributed by atoms with Gasteiger partial charge >= 0.3 is 5.97 Å². The van der Waals surface area contributed by atoms with E-state index in [1.54, 1.807) is 0 Å². The molecule has 0 amide bonds. The molecular formula is C9H16O2. The van der Waals surface area contributed by atoms with E-state index in [-0.39, 0.29) is 5.97 Å². The molecule has 0 aliphatic carbocycles. The van der Waals surface area contributed by atoms with Crippen LogP contribution in [0.1, 0.15) is 26.7 Å². The molecule has 2 nitrogen and oxygen atoms in total. The van der Waals surface area contributed by atoms with E-state index in [4.69, 9.17) is 4.74 Å². The van der Waals surface area contributed by atoms with E-state index in [1.165, 1.54) is 6.08 Å². The Morgan fingerprint density at radius 1 is 1.73 bits per heavy atom. The molecule has 0 bridgehead atoms. The van der Waals surface area contributed by atoms with Gasteiger partial charge in [0.1, 0.15) is 0 Å². The van der Waals surface area contributed by atoms with E-state index in [0.29, 0.717) is 12.5 Å². The number of ether oxygens (including phenoxy) is 1. The fraction of sp³-hybridized carbons (Fsp3) is 0.667. The van der Waals surface area contributed by atoms with Gasteiger partial charge in [-0.25, -0.2) is 4.79 Å². The van der Waals surface area contributed by atoms with Crippen molar-refractivity contribution >= 4 is 5.97 Å². The SMILES string of the molecule is C=CC(=O)OCC[C@@H](C)CC. The number of hydrogen-bond donors (Lipinski definition) is 0. The van der Waals surface area contributed by atoms with Gasteiger partial charge < -0.3 is 4.74 Å². The van der Waals surface area contributed by atoms with Crippen molar-refractivity contribution in [2.75, 3.05) is 6.61 Å². The van der Waals surface area contributed by atoms with Crippen LogP contribution in [0.5, 0.6) is 0 Å². The van der Waals surface area contributed by atoms with Gasteiger partial charge in [0.05, 0.1) is 6.61 Å². The van der Waals surface area contributed by atoms with Gasteiger partial charge in [-0.2, -0.15) is 0 Å². The largest absolute Gasteiger partial charge is 0.463 e. The van der Waals surface area contributed by atoms with Gasteiger partial charge in [-0.1, -0.05) is 26.8 Å². The number of carbonyl (C=O) groups excluding carboxylic acids is 1. The number of carbonyl (C=O) groups is 1. The average molecular weight is 156 g/mol. The van der Waals surface area contributed by atoms with Crippen LogP contribution in [0.25, 0.3) is 0 Å².